The molecule has 0 aromatic heterocycles. The molecule has 1 saturated heterocycles. The molecule has 3 rings (SSSR count). The molecule has 3 atom stereocenters. The number of nitrogens with zero attached hydrogens (tertiary/aromatic N) is 1. The van der Waals surface area contributed by atoms with Gasteiger partial charge in [0.2, 0.25) is 0 Å². The summed E-state index contributed by atoms with van der Waals surface area (Å²) in [6, 6.07) is 0.604. The predicted molar refractivity (Wildman–Crippen MR) is 72.6 cm³/mol. The maximum Gasteiger partial charge on any atom is 0.157 e. The van der Waals surface area contributed by atoms with Gasteiger partial charge >= 0.3 is 0 Å². The number of hydrogen-bond donors (Lipinski definition) is 1. The van der Waals surface area contributed by atoms with Gasteiger partial charge in [-0.05, 0) is 38.5 Å². The van der Waals surface area contributed by atoms with Crippen LogP contribution in [0.4, 0.5) is 0 Å². The first-order valence-corrected chi connectivity index (χ1v) is 7.80. The van der Waals surface area contributed by atoms with E-state index >= 15 is 0 Å². The van der Waals surface area contributed by atoms with Crippen molar-refractivity contribution in [3.05, 3.63) is 0 Å². The van der Waals surface area contributed by atoms with Gasteiger partial charge in [0.25, 0.3) is 0 Å². The summed E-state index contributed by atoms with van der Waals surface area (Å²) in [7, 11) is 0. The quantitative estimate of drug-likeness (QED) is 0.780. The average Bonchev–Trinajstić information content (AvgIpc) is 2.76. The molecule has 3 nitrogen and oxygen atoms in total. The highest BCUT2D eigenvalue weighted by atomic mass is 32.2. The van der Waals surface area contributed by atoms with E-state index in [2.05, 4.69) is 12.2 Å². The van der Waals surface area contributed by atoms with Crippen LogP contribution < -0.4 is 5.32 Å². The Kier molecular flexibility index (Phi) is 3.35. The third-order valence-electron chi connectivity index (χ3n) is 4.18. The van der Waals surface area contributed by atoms with E-state index in [1.54, 1.807) is 0 Å². The maximum atomic E-state index is 5.59. The molecule has 1 saturated carbocycles. The summed E-state index contributed by atoms with van der Waals surface area (Å²) in [5.74, 6) is 2.11. The molecule has 4 heteroatoms. The summed E-state index contributed by atoms with van der Waals surface area (Å²) in [4.78, 5) is 4.90. The fourth-order valence-corrected chi connectivity index (χ4v) is 4.40. The second-order valence-corrected chi connectivity index (χ2v) is 6.85. The van der Waals surface area contributed by atoms with E-state index < -0.39 is 0 Å². The van der Waals surface area contributed by atoms with E-state index in [9.17, 15) is 0 Å². The van der Waals surface area contributed by atoms with Crippen LogP contribution in [0.5, 0.6) is 0 Å². The van der Waals surface area contributed by atoms with Crippen molar-refractivity contribution < 1.29 is 4.74 Å². The third-order valence-corrected chi connectivity index (χ3v) is 5.26. The minimum atomic E-state index is 0.107. The number of nitrogens with one attached hydrogen (secondary N) is 1. The van der Waals surface area contributed by atoms with Crippen molar-refractivity contribution in [3.8, 4) is 0 Å². The number of rotatable bonds is 1. The second kappa shape index (κ2) is 4.81. The number of fused-ring (bicyclic) bond motifs is 1. The normalized spacial score (nSPS) is 41.8. The summed E-state index contributed by atoms with van der Waals surface area (Å²) in [6.07, 6.45) is 6.40. The van der Waals surface area contributed by atoms with Gasteiger partial charge in [0.1, 0.15) is 0 Å². The summed E-state index contributed by atoms with van der Waals surface area (Å²) in [5.41, 5.74) is 0.107. The van der Waals surface area contributed by atoms with E-state index in [4.69, 9.17) is 9.73 Å². The van der Waals surface area contributed by atoms with Crippen LogP contribution in [0.15, 0.2) is 4.99 Å². The van der Waals surface area contributed by atoms with E-state index in [0.29, 0.717) is 6.04 Å². The summed E-state index contributed by atoms with van der Waals surface area (Å²) in [6.45, 7) is 4.00. The topological polar surface area (TPSA) is 33.6 Å². The van der Waals surface area contributed by atoms with E-state index in [-0.39, 0.29) is 5.54 Å². The molecule has 96 valence electrons. The lowest BCUT2D eigenvalue weighted by Gasteiger charge is -2.37. The Hall–Kier alpha value is -0.220. The molecule has 0 amide bonds. The van der Waals surface area contributed by atoms with Gasteiger partial charge in [-0.3, -0.25) is 4.99 Å². The first-order chi connectivity index (χ1) is 8.25. The molecule has 17 heavy (non-hydrogen) atoms. The van der Waals surface area contributed by atoms with Crippen molar-refractivity contribution in [1.82, 2.24) is 5.32 Å². The molecule has 3 unspecified atom stereocenters. The zero-order chi connectivity index (χ0) is 11.7. The molecule has 0 aromatic rings. The van der Waals surface area contributed by atoms with E-state index in [1.165, 1.54) is 36.6 Å². The monoisotopic (exact) mass is 254 g/mol. The standard InChI is InChI=1S/C13H22N2OS/c1-13(6-3-7-16-9-13)15-12-14-11-5-2-4-10(11)8-17-12/h10-11H,2-9H2,1H3,(H,14,15). The molecule has 2 heterocycles. The molecule has 0 spiro atoms. The van der Waals surface area contributed by atoms with Crippen molar-refractivity contribution in [2.45, 2.75) is 50.6 Å². The van der Waals surface area contributed by atoms with Crippen LogP contribution in [0, 0.1) is 5.92 Å². The van der Waals surface area contributed by atoms with Crippen molar-refractivity contribution in [2.75, 3.05) is 19.0 Å². The molecular formula is C13H22N2OS. The van der Waals surface area contributed by atoms with Gasteiger partial charge < -0.3 is 10.1 Å². The van der Waals surface area contributed by atoms with Gasteiger partial charge in [0, 0.05) is 12.4 Å². The van der Waals surface area contributed by atoms with Gasteiger partial charge in [-0.15, -0.1) is 0 Å². The highest BCUT2D eigenvalue weighted by molar-refractivity contribution is 8.13. The van der Waals surface area contributed by atoms with Crippen molar-refractivity contribution in [3.63, 3.8) is 0 Å². The molecule has 1 aliphatic carbocycles. The molecule has 0 aromatic carbocycles. The summed E-state index contributed by atoms with van der Waals surface area (Å²) in [5, 5.41) is 4.80. The zero-order valence-electron chi connectivity index (χ0n) is 10.6. The Balaban J connectivity index is 1.64. The van der Waals surface area contributed by atoms with Crippen LogP contribution in [0.25, 0.3) is 0 Å². The Labute approximate surface area is 108 Å². The van der Waals surface area contributed by atoms with Gasteiger partial charge in [-0.2, -0.15) is 0 Å². The Morgan fingerprint density at radius 1 is 1.41 bits per heavy atom. The van der Waals surface area contributed by atoms with Crippen LogP contribution in [0.1, 0.15) is 39.0 Å². The molecular weight excluding hydrogens is 232 g/mol. The minimum absolute atomic E-state index is 0.107. The first kappa shape index (κ1) is 11.8. The first-order valence-electron chi connectivity index (χ1n) is 6.82. The van der Waals surface area contributed by atoms with E-state index in [1.807, 2.05) is 11.8 Å². The number of aliphatic imine (C=N–C) groups is 1. The van der Waals surface area contributed by atoms with E-state index in [0.717, 1.165) is 25.6 Å². The second-order valence-electron chi connectivity index (χ2n) is 5.85. The fraction of sp³-hybridized carbons (Fsp3) is 0.923. The highest BCUT2D eigenvalue weighted by Gasteiger charge is 2.34. The zero-order valence-corrected chi connectivity index (χ0v) is 11.4. The number of thioether (sulfide) groups is 1. The van der Waals surface area contributed by atoms with Crippen molar-refractivity contribution in [1.29, 1.82) is 0 Å². The van der Waals surface area contributed by atoms with Gasteiger partial charge in [-0.25, -0.2) is 0 Å². The third kappa shape index (κ3) is 2.63. The Morgan fingerprint density at radius 3 is 3.18 bits per heavy atom. The SMILES string of the molecule is CC1(NC2=NC3CCCC3CS2)CCCOC1. The van der Waals surface area contributed by atoms with Crippen LogP contribution in [-0.2, 0) is 4.74 Å². The molecule has 0 radical (unpaired) electrons. The molecule has 0 bridgehead atoms. The lowest BCUT2D eigenvalue weighted by molar-refractivity contribution is 0.0374. The highest BCUT2D eigenvalue weighted by Crippen LogP contribution is 2.35. The predicted octanol–water partition coefficient (Wildman–Crippen LogP) is 2.42. The number of amidine groups is 1. The maximum absolute atomic E-state index is 5.59. The van der Waals surface area contributed by atoms with Crippen LogP contribution >= 0.6 is 11.8 Å². The Morgan fingerprint density at radius 2 is 2.35 bits per heavy atom. The number of hydrogen-bond acceptors (Lipinski definition) is 4. The lowest BCUT2D eigenvalue weighted by Crippen LogP contribution is -2.51. The van der Waals surface area contributed by atoms with Crippen LogP contribution in [0.3, 0.4) is 0 Å². The van der Waals surface area contributed by atoms with Crippen LogP contribution in [0.2, 0.25) is 0 Å². The summed E-state index contributed by atoms with van der Waals surface area (Å²) >= 11 is 1.92. The lowest BCUT2D eigenvalue weighted by atomic mass is 9.95. The molecule has 2 fully saturated rings. The fourth-order valence-electron chi connectivity index (χ4n) is 3.11. The molecule has 1 N–H and O–H groups in total. The van der Waals surface area contributed by atoms with Gasteiger partial charge in [0.05, 0.1) is 18.2 Å². The minimum Gasteiger partial charge on any atom is -0.379 e. The van der Waals surface area contributed by atoms with Crippen LogP contribution in [-0.4, -0.2) is 35.7 Å². The molecule has 2 aliphatic heterocycles. The van der Waals surface area contributed by atoms with Gasteiger partial charge in [-0.1, -0.05) is 18.2 Å². The largest absolute Gasteiger partial charge is 0.379 e. The summed E-state index contributed by atoms with van der Waals surface area (Å²) < 4.78 is 5.59. The smallest absolute Gasteiger partial charge is 0.157 e. The average molecular weight is 254 g/mol. The molecule has 3 aliphatic rings. The van der Waals surface area contributed by atoms with Gasteiger partial charge in [0.15, 0.2) is 5.17 Å². The van der Waals surface area contributed by atoms with Crippen molar-refractivity contribution in [2.24, 2.45) is 10.9 Å². The van der Waals surface area contributed by atoms with Crippen molar-refractivity contribution >= 4 is 16.9 Å². The number of ether oxygens (including phenoxy) is 1. The Bertz CT molecular complexity index is 313.